The molecule has 3 heterocycles. The van der Waals surface area contributed by atoms with E-state index in [2.05, 4.69) is 9.71 Å². The lowest BCUT2D eigenvalue weighted by Gasteiger charge is -2.35. The quantitative estimate of drug-likeness (QED) is 0.529. The van der Waals surface area contributed by atoms with Gasteiger partial charge in [0.2, 0.25) is 0 Å². The highest BCUT2D eigenvalue weighted by atomic mass is 32.2. The lowest BCUT2D eigenvalue weighted by atomic mass is 10.1. The third-order valence-corrected chi connectivity index (χ3v) is 8.26. The van der Waals surface area contributed by atoms with Crippen LogP contribution in [-0.4, -0.2) is 80.7 Å². The molecule has 1 N–H and O–H groups in total. The summed E-state index contributed by atoms with van der Waals surface area (Å²) in [5, 5.41) is 0.727. The number of para-hydroxylation sites is 1. The Hall–Kier alpha value is -3.70. The van der Waals surface area contributed by atoms with Gasteiger partial charge >= 0.3 is 6.09 Å². The number of carbonyl (C=O) groups excluding carboxylic acids is 2. The largest absolute Gasteiger partial charge is 0.446 e. The van der Waals surface area contributed by atoms with E-state index in [0.29, 0.717) is 74.6 Å². The first-order chi connectivity index (χ1) is 18.3. The second kappa shape index (κ2) is 11.0. The van der Waals surface area contributed by atoms with Crippen molar-refractivity contribution in [2.24, 2.45) is 0 Å². The number of amides is 2. The zero-order chi connectivity index (χ0) is 26.7. The standard InChI is InChI=1S/C27H30N4O6S/c1-19-18-21(26(32)30-12-14-31(15-13-30)27(33)37-22-9-16-36-17-10-22)7-8-23(19)29-38(34,35)24-6-2-4-20-5-3-11-28-25(20)24/h2-8,11,18,22,29H,9-10,12-17H2,1H3. The molecule has 1 aromatic heterocycles. The highest BCUT2D eigenvalue weighted by Gasteiger charge is 2.28. The number of hydrogen-bond acceptors (Lipinski definition) is 7. The second-order valence-electron chi connectivity index (χ2n) is 9.44. The number of aryl methyl sites for hydroxylation is 1. The number of hydrogen-bond donors (Lipinski definition) is 1. The fourth-order valence-corrected chi connectivity index (χ4v) is 6.00. The highest BCUT2D eigenvalue weighted by Crippen LogP contribution is 2.26. The monoisotopic (exact) mass is 538 g/mol. The summed E-state index contributed by atoms with van der Waals surface area (Å²) in [5.41, 5.74) is 1.85. The molecule has 3 aromatic rings. The Bertz CT molecular complexity index is 1440. The Labute approximate surface area is 221 Å². The van der Waals surface area contributed by atoms with Gasteiger partial charge in [0.05, 0.1) is 24.4 Å². The molecule has 5 rings (SSSR count). The van der Waals surface area contributed by atoms with Gasteiger partial charge in [-0.25, -0.2) is 13.2 Å². The van der Waals surface area contributed by atoms with Crippen LogP contribution in [-0.2, 0) is 19.5 Å². The van der Waals surface area contributed by atoms with Crippen molar-refractivity contribution in [1.29, 1.82) is 0 Å². The Balaban J connectivity index is 1.22. The molecule has 10 nitrogen and oxygen atoms in total. The average Bonchev–Trinajstić information content (AvgIpc) is 2.94. The molecule has 38 heavy (non-hydrogen) atoms. The lowest BCUT2D eigenvalue weighted by Crippen LogP contribution is -2.51. The van der Waals surface area contributed by atoms with E-state index in [-0.39, 0.29) is 23.0 Å². The number of anilines is 1. The number of ether oxygens (including phenoxy) is 2. The molecule has 0 radical (unpaired) electrons. The predicted molar refractivity (Wildman–Crippen MR) is 142 cm³/mol. The second-order valence-corrected chi connectivity index (χ2v) is 11.1. The van der Waals surface area contributed by atoms with E-state index < -0.39 is 10.0 Å². The highest BCUT2D eigenvalue weighted by molar-refractivity contribution is 7.93. The van der Waals surface area contributed by atoms with E-state index in [1.54, 1.807) is 53.3 Å². The zero-order valence-corrected chi connectivity index (χ0v) is 21.9. The van der Waals surface area contributed by atoms with Gasteiger partial charge in [-0.05, 0) is 42.8 Å². The molecular formula is C27H30N4O6S. The van der Waals surface area contributed by atoms with Crippen molar-refractivity contribution in [3.05, 3.63) is 65.9 Å². The van der Waals surface area contributed by atoms with E-state index in [9.17, 15) is 18.0 Å². The van der Waals surface area contributed by atoms with Gasteiger partial charge in [-0.3, -0.25) is 14.5 Å². The number of piperazine rings is 1. The Morgan fingerprint density at radius 3 is 2.45 bits per heavy atom. The SMILES string of the molecule is Cc1cc(C(=O)N2CCN(C(=O)OC3CCOCC3)CC2)ccc1NS(=O)(=O)c1cccc2cccnc12. The van der Waals surface area contributed by atoms with Crippen LogP contribution in [0.1, 0.15) is 28.8 Å². The van der Waals surface area contributed by atoms with Crippen molar-refractivity contribution in [3.8, 4) is 0 Å². The minimum atomic E-state index is -3.91. The third-order valence-electron chi connectivity index (χ3n) is 6.86. The third kappa shape index (κ3) is 5.58. The molecule has 2 aromatic carbocycles. The van der Waals surface area contributed by atoms with Crippen LogP contribution in [0.5, 0.6) is 0 Å². The number of pyridine rings is 1. The lowest BCUT2D eigenvalue weighted by molar-refractivity contribution is -0.0141. The summed E-state index contributed by atoms with van der Waals surface area (Å²) >= 11 is 0. The van der Waals surface area contributed by atoms with E-state index in [0.717, 1.165) is 5.39 Å². The van der Waals surface area contributed by atoms with Crippen LogP contribution in [0, 0.1) is 6.92 Å². The molecule has 0 unspecified atom stereocenters. The molecule has 0 saturated carbocycles. The molecular weight excluding hydrogens is 508 g/mol. The van der Waals surface area contributed by atoms with Crippen molar-refractivity contribution in [2.75, 3.05) is 44.1 Å². The van der Waals surface area contributed by atoms with Crippen molar-refractivity contribution in [1.82, 2.24) is 14.8 Å². The van der Waals surface area contributed by atoms with Gasteiger partial charge in [0.15, 0.2) is 0 Å². The summed E-state index contributed by atoms with van der Waals surface area (Å²) in [4.78, 5) is 33.3. The summed E-state index contributed by atoms with van der Waals surface area (Å²) in [6, 6.07) is 13.4. The fourth-order valence-electron chi connectivity index (χ4n) is 4.69. The number of aromatic nitrogens is 1. The van der Waals surface area contributed by atoms with Crippen molar-refractivity contribution in [3.63, 3.8) is 0 Å². The topological polar surface area (TPSA) is 118 Å². The first kappa shape index (κ1) is 25.9. The maximum Gasteiger partial charge on any atom is 0.410 e. The zero-order valence-electron chi connectivity index (χ0n) is 21.1. The maximum absolute atomic E-state index is 13.2. The van der Waals surface area contributed by atoms with E-state index in [1.165, 1.54) is 6.07 Å². The molecule has 2 fully saturated rings. The van der Waals surface area contributed by atoms with E-state index >= 15 is 0 Å². The van der Waals surface area contributed by atoms with Gasteiger partial charge in [0.1, 0.15) is 11.0 Å². The summed E-state index contributed by atoms with van der Waals surface area (Å²) in [5.74, 6) is -0.168. The molecule has 0 atom stereocenters. The first-order valence-electron chi connectivity index (χ1n) is 12.6. The van der Waals surface area contributed by atoms with Gasteiger partial charge in [0.25, 0.3) is 15.9 Å². The molecule has 200 valence electrons. The van der Waals surface area contributed by atoms with Crippen LogP contribution < -0.4 is 4.72 Å². The van der Waals surface area contributed by atoms with Crippen LogP contribution in [0.3, 0.4) is 0 Å². The van der Waals surface area contributed by atoms with Crippen LogP contribution in [0.4, 0.5) is 10.5 Å². The van der Waals surface area contributed by atoms with Crippen molar-refractivity contribution >= 4 is 38.6 Å². The number of rotatable bonds is 5. The van der Waals surface area contributed by atoms with Crippen molar-refractivity contribution < 1.29 is 27.5 Å². The molecule has 11 heteroatoms. The average molecular weight is 539 g/mol. The Morgan fingerprint density at radius 2 is 1.71 bits per heavy atom. The van der Waals surface area contributed by atoms with E-state index in [1.807, 2.05) is 12.1 Å². The summed E-state index contributed by atoms with van der Waals surface area (Å²) in [6.45, 7) is 4.51. The molecule has 2 amide bonds. The molecule has 2 aliphatic heterocycles. The number of carbonyl (C=O) groups is 2. The fraction of sp³-hybridized carbons (Fsp3) is 0.370. The number of benzene rings is 2. The molecule has 0 bridgehead atoms. The van der Waals surface area contributed by atoms with Crippen LogP contribution in [0.25, 0.3) is 10.9 Å². The first-order valence-corrected chi connectivity index (χ1v) is 14.1. The number of nitrogens with zero attached hydrogens (tertiary/aromatic N) is 3. The maximum atomic E-state index is 13.2. The van der Waals surface area contributed by atoms with Gasteiger partial charge in [-0.15, -0.1) is 0 Å². The van der Waals surface area contributed by atoms with Gasteiger partial charge in [-0.1, -0.05) is 18.2 Å². The molecule has 2 saturated heterocycles. The normalized spacial score (nSPS) is 16.9. The summed E-state index contributed by atoms with van der Waals surface area (Å²) < 4.78 is 39.9. The van der Waals surface area contributed by atoms with Crippen LogP contribution >= 0.6 is 0 Å². The smallest absolute Gasteiger partial charge is 0.410 e. The predicted octanol–water partition coefficient (Wildman–Crippen LogP) is 3.42. The molecule has 2 aliphatic rings. The molecule has 0 aliphatic carbocycles. The minimum Gasteiger partial charge on any atom is -0.446 e. The van der Waals surface area contributed by atoms with Crippen LogP contribution in [0.2, 0.25) is 0 Å². The Kier molecular flexibility index (Phi) is 7.48. The Morgan fingerprint density at radius 1 is 1.00 bits per heavy atom. The summed E-state index contributed by atoms with van der Waals surface area (Å²) in [6.07, 6.45) is 2.50. The van der Waals surface area contributed by atoms with E-state index in [4.69, 9.17) is 9.47 Å². The molecule has 0 spiro atoms. The number of fused-ring (bicyclic) bond motifs is 1. The number of nitrogens with one attached hydrogen (secondary N) is 1. The van der Waals surface area contributed by atoms with Crippen molar-refractivity contribution in [2.45, 2.75) is 30.8 Å². The van der Waals surface area contributed by atoms with Gasteiger partial charge in [-0.2, -0.15) is 0 Å². The number of sulfonamides is 1. The minimum absolute atomic E-state index is 0.0865. The van der Waals surface area contributed by atoms with Crippen LogP contribution in [0.15, 0.2) is 59.6 Å². The van der Waals surface area contributed by atoms with Gasteiger partial charge < -0.3 is 19.3 Å². The van der Waals surface area contributed by atoms with Gasteiger partial charge in [0, 0.05) is 56.2 Å². The summed E-state index contributed by atoms with van der Waals surface area (Å²) in [7, 11) is -3.91.